The van der Waals surface area contributed by atoms with Crippen molar-refractivity contribution in [1.82, 2.24) is 15.1 Å². The third-order valence-electron chi connectivity index (χ3n) is 4.55. The Morgan fingerprint density at radius 2 is 1.95 bits per heavy atom. The second-order valence-corrected chi connectivity index (χ2v) is 5.68. The quantitative estimate of drug-likeness (QED) is 0.824. The zero-order valence-electron chi connectivity index (χ0n) is 13.2. The first kappa shape index (κ1) is 15.5. The number of hydrogen-bond acceptors (Lipinski definition) is 3. The van der Waals surface area contributed by atoms with Crippen LogP contribution in [-0.4, -0.2) is 55.6 Å². The Morgan fingerprint density at radius 3 is 2.50 bits per heavy atom. The van der Waals surface area contributed by atoms with Crippen LogP contribution in [0, 0.1) is 0 Å². The van der Waals surface area contributed by atoms with E-state index >= 15 is 0 Å². The Bertz CT molecular complexity index is 375. The zero-order valence-corrected chi connectivity index (χ0v) is 13.2. The minimum Gasteiger partial charge on any atom is -0.316 e. The molecular weight excluding hydrogens is 246 g/mol. The molecule has 1 N–H and O–H groups in total. The van der Waals surface area contributed by atoms with E-state index in [1.54, 1.807) is 0 Å². The Labute approximate surface area is 124 Å². The molecule has 1 aliphatic heterocycles. The van der Waals surface area contributed by atoms with E-state index in [9.17, 15) is 0 Å². The summed E-state index contributed by atoms with van der Waals surface area (Å²) in [4.78, 5) is 5.18. The van der Waals surface area contributed by atoms with Crippen molar-refractivity contribution < 1.29 is 0 Å². The van der Waals surface area contributed by atoms with Gasteiger partial charge >= 0.3 is 0 Å². The molecule has 0 aliphatic carbocycles. The highest BCUT2D eigenvalue weighted by Crippen LogP contribution is 2.23. The van der Waals surface area contributed by atoms with E-state index in [-0.39, 0.29) is 0 Å². The highest BCUT2D eigenvalue weighted by Gasteiger charge is 2.26. The van der Waals surface area contributed by atoms with Gasteiger partial charge in [0.05, 0.1) is 0 Å². The van der Waals surface area contributed by atoms with Gasteiger partial charge in [0.1, 0.15) is 0 Å². The van der Waals surface area contributed by atoms with E-state index in [0.717, 1.165) is 19.6 Å². The fourth-order valence-corrected chi connectivity index (χ4v) is 3.25. The van der Waals surface area contributed by atoms with Gasteiger partial charge in [-0.1, -0.05) is 44.2 Å². The molecule has 1 aliphatic rings. The first-order valence-electron chi connectivity index (χ1n) is 7.97. The molecule has 112 valence electrons. The van der Waals surface area contributed by atoms with E-state index in [4.69, 9.17) is 0 Å². The van der Waals surface area contributed by atoms with Crippen LogP contribution in [0.5, 0.6) is 0 Å². The summed E-state index contributed by atoms with van der Waals surface area (Å²) in [6.07, 6.45) is 1.27. The SMILES string of the molecule is CCN(CC)C(CN1CCC(NC)C1)c1ccccc1. The number of benzene rings is 1. The van der Waals surface area contributed by atoms with Gasteiger partial charge in [-0.05, 0) is 38.7 Å². The molecule has 0 spiro atoms. The molecule has 1 aromatic carbocycles. The van der Waals surface area contributed by atoms with Gasteiger partial charge in [0.2, 0.25) is 0 Å². The van der Waals surface area contributed by atoms with Crippen molar-refractivity contribution in [2.45, 2.75) is 32.4 Å². The number of nitrogens with one attached hydrogen (secondary N) is 1. The van der Waals surface area contributed by atoms with E-state index in [0.29, 0.717) is 12.1 Å². The lowest BCUT2D eigenvalue weighted by atomic mass is 10.0. The van der Waals surface area contributed by atoms with Crippen LogP contribution in [0.15, 0.2) is 30.3 Å². The molecule has 3 nitrogen and oxygen atoms in total. The van der Waals surface area contributed by atoms with Crippen molar-refractivity contribution in [2.24, 2.45) is 0 Å². The fourth-order valence-electron chi connectivity index (χ4n) is 3.25. The normalized spacial score (nSPS) is 21.5. The molecule has 3 heteroatoms. The van der Waals surface area contributed by atoms with Gasteiger partial charge in [0, 0.05) is 25.2 Å². The van der Waals surface area contributed by atoms with Gasteiger partial charge in [0.25, 0.3) is 0 Å². The lowest BCUT2D eigenvalue weighted by Gasteiger charge is -2.33. The first-order valence-corrected chi connectivity index (χ1v) is 7.97. The Kier molecular flexibility index (Phi) is 6.02. The maximum absolute atomic E-state index is 3.41. The topological polar surface area (TPSA) is 18.5 Å². The average Bonchev–Trinajstić information content (AvgIpc) is 2.96. The third kappa shape index (κ3) is 3.81. The van der Waals surface area contributed by atoms with Crippen molar-refractivity contribution in [3.8, 4) is 0 Å². The fraction of sp³-hybridized carbons (Fsp3) is 0.647. The molecule has 0 amide bonds. The molecule has 2 rings (SSSR count). The lowest BCUT2D eigenvalue weighted by Crippen LogP contribution is -2.38. The van der Waals surface area contributed by atoms with Crippen LogP contribution >= 0.6 is 0 Å². The molecule has 2 unspecified atom stereocenters. The van der Waals surface area contributed by atoms with Gasteiger partial charge in [0.15, 0.2) is 0 Å². The number of nitrogens with zero attached hydrogens (tertiary/aromatic N) is 2. The maximum atomic E-state index is 3.41. The summed E-state index contributed by atoms with van der Waals surface area (Å²) in [6, 6.07) is 12.2. The smallest absolute Gasteiger partial charge is 0.0474 e. The van der Waals surface area contributed by atoms with Crippen molar-refractivity contribution in [2.75, 3.05) is 39.8 Å². The summed E-state index contributed by atoms with van der Waals surface area (Å²) in [7, 11) is 2.08. The molecule has 0 radical (unpaired) electrons. The first-order chi connectivity index (χ1) is 9.78. The minimum absolute atomic E-state index is 0.516. The highest BCUT2D eigenvalue weighted by atomic mass is 15.2. The largest absolute Gasteiger partial charge is 0.316 e. The number of hydrogen-bond donors (Lipinski definition) is 1. The predicted molar refractivity (Wildman–Crippen MR) is 86.0 cm³/mol. The van der Waals surface area contributed by atoms with Crippen molar-refractivity contribution >= 4 is 0 Å². The number of rotatable bonds is 7. The number of likely N-dealkylation sites (tertiary alicyclic amines) is 1. The molecule has 20 heavy (non-hydrogen) atoms. The molecule has 2 atom stereocenters. The van der Waals surface area contributed by atoms with Crippen LogP contribution in [0.1, 0.15) is 31.9 Å². The Morgan fingerprint density at radius 1 is 1.25 bits per heavy atom. The van der Waals surface area contributed by atoms with Gasteiger partial charge < -0.3 is 5.32 Å². The second-order valence-electron chi connectivity index (χ2n) is 5.68. The monoisotopic (exact) mass is 275 g/mol. The van der Waals surface area contributed by atoms with Crippen LogP contribution in [0.25, 0.3) is 0 Å². The summed E-state index contributed by atoms with van der Waals surface area (Å²) in [5.41, 5.74) is 1.45. The van der Waals surface area contributed by atoms with Gasteiger partial charge in [-0.25, -0.2) is 0 Å². The van der Waals surface area contributed by atoms with Gasteiger partial charge in [-0.15, -0.1) is 0 Å². The molecule has 0 saturated carbocycles. The Hall–Kier alpha value is -0.900. The van der Waals surface area contributed by atoms with Crippen molar-refractivity contribution in [3.05, 3.63) is 35.9 Å². The molecule has 0 aromatic heterocycles. The summed E-state index contributed by atoms with van der Waals surface area (Å²) < 4.78 is 0. The van der Waals surface area contributed by atoms with Gasteiger partial charge in [-0.2, -0.15) is 0 Å². The Balaban J connectivity index is 2.07. The molecule has 1 saturated heterocycles. The van der Waals surface area contributed by atoms with Crippen LogP contribution in [0.3, 0.4) is 0 Å². The van der Waals surface area contributed by atoms with Crippen LogP contribution in [0.2, 0.25) is 0 Å². The summed E-state index contributed by atoms with van der Waals surface area (Å²) in [5.74, 6) is 0. The predicted octanol–water partition coefficient (Wildman–Crippen LogP) is 2.36. The van der Waals surface area contributed by atoms with E-state index in [1.165, 1.54) is 25.1 Å². The highest BCUT2D eigenvalue weighted by molar-refractivity contribution is 5.19. The standard InChI is InChI=1S/C17H29N3/c1-4-20(5-2)17(15-9-7-6-8-10-15)14-19-12-11-16(13-19)18-3/h6-10,16-18H,4-5,11-14H2,1-3H3. The van der Waals surface area contributed by atoms with Crippen LogP contribution < -0.4 is 5.32 Å². The maximum Gasteiger partial charge on any atom is 0.0474 e. The van der Waals surface area contributed by atoms with Crippen molar-refractivity contribution in [1.29, 1.82) is 0 Å². The van der Waals surface area contributed by atoms with Crippen LogP contribution in [0.4, 0.5) is 0 Å². The van der Waals surface area contributed by atoms with E-state index in [2.05, 4.69) is 66.3 Å². The van der Waals surface area contributed by atoms with Crippen LogP contribution in [-0.2, 0) is 0 Å². The second kappa shape index (κ2) is 7.77. The molecule has 0 bridgehead atoms. The molecular formula is C17H29N3. The van der Waals surface area contributed by atoms with E-state index < -0.39 is 0 Å². The lowest BCUT2D eigenvalue weighted by molar-refractivity contribution is 0.162. The number of likely N-dealkylation sites (N-methyl/N-ethyl adjacent to an activating group) is 2. The van der Waals surface area contributed by atoms with Crippen molar-refractivity contribution in [3.63, 3.8) is 0 Å². The average molecular weight is 275 g/mol. The summed E-state index contributed by atoms with van der Waals surface area (Å²) >= 11 is 0. The molecule has 1 aromatic rings. The summed E-state index contributed by atoms with van der Waals surface area (Å²) in [6.45, 7) is 10.3. The van der Waals surface area contributed by atoms with Gasteiger partial charge in [-0.3, -0.25) is 9.80 Å². The third-order valence-corrected chi connectivity index (χ3v) is 4.55. The zero-order chi connectivity index (χ0) is 14.4. The molecule has 1 fully saturated rings. The minimum atomic E-state index is 0.516. The summed E-state index contributed by atoms with van der Waals surface area (Å²) in [5, 5.41) is 3.41. The molecule has 1 heterocycles. The van der Waals surface area contributed by atoms with E-state index in [1.807, 2.05) is 0 Å².